The van der Waals surface area contributed by atoms with E-state index in [0.29, 0.717) is 18.3 Å². The van der Waals surface area contributed by atoms with E-state index in [1.165, 1.54) is 0 Å². The van der Waals surface area contributed by atoms with Gasteiger partial charge in [-0.05, 0) is 19.1 Å². The van der Waals surface area contributed by atoms with Gasteiger partial charge < -0.3 is 10.3 Å². The van der Waals surface area contributed by atoms with Crippen molar-refractivity contribution in [3.63, 3.8) is 0 Å². The SMILES string of the molecule is C[C@@H]1CNCCN1Cc1nc2ccccc2[nH]c1=O. The van der Waals surface area contributed by atoms with Gasteiger partial charge in [0.2, 0.25) is 0 Å². The Morgan fingerprint density at radius 1 is 1.42 bits per heavy atom. The number of piperazine rings is 1. The van der Waals surface area contributed by atoms with E-state index < -0.39 is 0 Å². The van der Waals surface area contributed by atoms with Crippen LogP contribution in [0.15, 0.2) is 29.1 Å². The summed E-state index contributed by atoms with van der Waals surface area (Å²) in [5.41, 5.74) is 2.17. The van der Waals surface area contributed by atoms with E-state index in [1.54, 1.807) is 0 Å². The van der Waals surface area contributed by atoms with Gasteiger partial charge in [0, 0.05) is 32.2 Å². The molecule has 2 aromatic rings. The second-order valence-corrected chi connectivity index (χ2v) is 5.05. The molecule has 1 aromatic heterocycles. The second-order valence-electron chi connectivity index (χ2n) is 5.05. The average Bonchev–Trinajstić information content (AvgIpc) is 2.42. The van der Waals surface area contributed by atoms with Gasteiger partial charge in [0.15, 0.2) is 0 Å². The molecule has 0 radical (unpaired) electrons. The second kappa shape index (κ2) is 5.11. The number of nitrogens with one attached hydrogen (secondary N) is 2. The van der Waals surface area contributed by atoms with Crippen LogP contribution in [0, 0.1) is 0 Å². The lowest BCUT2D eigenvalue weighted by atomic mass is 10.2. The van der Waals surface area contributed by atoms with Crippen LogP contribution in [0.1, 0.15) is 12.6 Å². The van der Waals surface area contributed by atoms with E-state index in [0.717, 1.165) is 30.7 Å². The highest BCUT2D eigenvalue weighted by atomic mass is 16.1. The van der Waals surface area contributed by atoms with E-state index in [4.69, 9.17) is 0 Å². The summed E-state index contributed by atoms with van der Waals surface area (Å²) in [6.07, 6.45) is 0. The smallest absolute Gasteiger partial charge is 0.271 e. The number of nitrogens with zero attached hydrogens (tertiary/aromatic N) is 2. The number of benzene rings is 1. The third-order valence-electron chi connectivity index (χ3n) is 3.66. The Hall–Kier alpha value is -1.72. The van der Waals surface area contributed by atoms with Gasteiger partial charge in [-0.1, -0.05) is 12.1 Å². The lowest BCUT2D eigenvalue weighted by Crippen LogP contribution is -2.49. The molecule has 0 saturated carbocycles. The Bertz CT molecular complexity index is 637. The molecule has 1 fully saturated rings. The molecule has 1 atom stereocenters. The molecule has 5 nitrogen and oxygen atoms in total. The minimum Gasteiger partial charge on any atom is -0.319 e. The topological polar surface area (TPSA) is 61.0 Å². The molecule has 3 rings (SSSR count). The summed E-state index contributed by atoms with van der Waals surface area (Å²) in [6.45, 7) is 5.67. The van der Waals surface area contributed by atoms with Gasteiger partial charge in [0.25, 0.3) is 5.56 Å². The molecule has 0 spiro atoms. The van der Waals surface area contributed by atoms with Crippen LogP contribution < -0.4 is 10.9 Å². The standard InChI is InChI=1S/C14H18N4O/c1-10-8-15-6-7-18(10)9-13-14(19)17-12-5-3-2-4-11(12)16-13/h2-5,10,15H,6-9H2,1H3,(H,17,19)/t10-/m1/s1. The third kappa shape index (κ3) is 2.52. The van der Waals surface area contributed by atoms with Crippen LogP contribution in [0.3, 0.4) is 0 Å². The Kier molecular flexibility index (Phi) is 3.31. The van der Waals surface area contributed by atoms with Crippen molar-refractivity contribution in [2.24, 2.45) is 0 Å². The van der Waals surface area contributed by atoms with E-state index in [1.807, 2.05) is 24.3 Å². The highest BCUT2D eigenvalue weighted by Gasteiger charge is 2.19. The minimum absolute atomic E-state index is 0.0792. The number of hydrogen-bond donors (Lipinski definition) is 2. The summed E-state index contributed by atoms with van der Waals surface area (Å²) >= 11 is 0. The molecular formula is C14H18N4O. The van der Waals surface area contributed by atoms with E-state index in [-0.39, 0.29) is 5.56 Å². The molecule has 2 N–H and O–H groups in total. The first-order chi connectivity index (χ1) is 9.24. The van der Waals surface area contributed by atoms with Crippen LogP contribution in [0.4, 0.5) is 0 Å². The first-order valence-electron chi connectivity index (χ1n) is 6.67. The summed E-state index contributed by atoms with van der Waals surface area (Å²) in [6, 6.07) is 8.07. The number of rotatable bonds is 2. The molecule has 19 heavy (non-hydrogen) atoms. The number of aromatic nitrogens is 2. The van der Waals surface area contributed by atoms with Gasteiger partial charge in [-0.25, -0.2) is 4.98 Å². The Balaban J connectivity index is 1.91. The quantitative estimate of drug-likeness (QED) is 0.833. The summed E-state index contributed by atoms with van der Waals surface area (Å²) < 4.78 is 0. The zero-order chi connectivity index (χ0) is 13.2. The van der Waals surface area contributed by atoms with Gasteiger partial charge >= 0.3 is 0 Å². The average molecular weight is 258 g/mol. The number of para-hydroxylation sites is 2. The predicted molar refractivity (Wildman–Crippen MR) is 75.1 cm³/mol. The molecule has 2 heterocycles. The fourth-order valence-electron chi connectivity index (χ4n) is 2.48. The van der Waals surface area contributed by atoms with Crippen molar-refractivity contribution in [2.75, 3.05) is 19.6 Å². The summed E-state index contributed by atoms with van der Waals surface area (Å²) in [7, 11) is 0. The van der Waals surface area contributed by atoms with Gasteiger partial charge in [-0.3, -0.25) is 9.69 Å². The van der Waals surface area contributed by atoms with Gasteiger partial charge in [0.05, 0.1) is 11.0 Å². The van der Waals surface area contributed by atoms with Gasteiger partial charge in [0.1, 0.15) is 5.69 Å². The summed E-state index contributed by atoms with van der Waals surface area (Å²) in [5, 5.41) is 3.35. The Morgan fingerprint density at radius 2 is 2.26 bits per heavy atom. The minimum atomic E-state index is -0.0792. The third-order valence-corrected chi connectivity index (χ3v) is 3.66. The van der Waals surface area contributed by atoms with Crippen LogP contribution in [-0.4, -0.2) is 40.5 Å². The Labute approximate surface area is 111 Å². The molecule has 0 aliphatic carbocycles. The summed E-state index contributed by atoms with van der Waals surface area (Å²) in [4.78, 5) is 21.7. The highest BCUT2D eigenvalue weighted by molar-refractivity contribution is 5.73. The van der Waals surface area contributed by atoms with Gasteiger partial charge in [-0.15, -0.1) is 0 Å². The maximum Gasteiger partial charge on any atom is 0.271 e. The molecule has 1 saturated heterocycles. The van der Waals surface area contributed by atoms with Crippen molar-refractivity contribution in [2.45, 2.75) is 19.5 Å². The van der Waals surface area contributed by atoms with Crippen LogP contribution >= 0.6 is 0 Å². The Morgan fingerprint density at radius 3 is 3.11 bits per heavy atom. The van der Waals surface area contributed by atoms with E-state index in [2.05, 4.69) is 27.1 Å². The normalized spacial score (nSPS) is 20.8. The molecule has 100 valence electrons. The zero-order valence-electron chi connectivity index (χ0n) is 11.0. The first-order valence-corrected chi connectivity index (χ1v) is 6.67. The number of H-pyrrole nitrogens is 1. The number of fused-ring (bicyclic) bond motifs is 1. The molecule has 5 heteroatoms. The van der Waals surface area contributed by atoms with Crippen LogP contribution in [0.5, 0.6) is 0 Å². The van der Waals surface area contributed by atoms with E-state index in [9.17, 15) is 4.79 Å². The molecule has 0 bridgehead atoms. The van der Waals surface area contributed by atoms with Crippen LogP contribution in [-0.2, 0) is 6.54 Å². The molecule has 1 aromatic carbocycles. The lowest BCUT2D eigenvalue weighted by molar-refractivity contribution is 0.163. The molecule has 1 aliphatic heterocycles. The van der Waals surface area contributed by atoms with Crippen molar-refractivity contribution in [1.29, 1.82) is 0 Å². The zero-order valence-corrected chi connectivity index (χ0v) is 11.0. The largest absolute Gasteiger partial charge is 0.319 e. The number of aromatic amines is 1. The molecule has 1 aliphatic rings. The summed E-state index contributed by atoms with van der Waals surface area (Å²) in [5.74, 6) is 0. The maximum atomic E-state index is 12.1. The van der Waals surface area contributed by atoms with Crippen molar-refractivity contribution in [3.05, 3.63) is 40.3 Å². The van der Waals surface area contributed by atoms with E-state index >= 15 is 0 Å². The number of hydrogen-bond acceptors (Lipinski definition) is 4. The van der Waals surface area contributed by atoms with Crippen molar-refractivity contribution >= 4 is 11.0 Å². The highest BCUT2D eigenvalue weighted by Crippen LogP contribution is 2.09. The lowest BCUT2D eigenvalue weighted by Gasteiger charge is -2.33. The molecule has 0 amide bonds. The fraction of sp³-hybridized carbons (Fsp3) is 0.429. The first kappa shape index (κ1) is 12.3. The fourth-order valence-corrected chi connectivity index (χ4v) is 2.48. The van der Waals surface area contributed by atoms with Crippen LogP contribution in [0.25, 0.3) is 11.0 Å². The monoisotopic (exact) mass is 258 g/mol. The molecule has 0 unspecified atom stereocenters. The van der Waals surface area contributed by atoms with Crippen molar-refractivity contribution in [3.8, 4) is 0 Å². The van der Waals surface area contributed by atoms with Crippen LogP contribution in [0.2, 0.25) is 0 Å². The predicted octanol–water partition coefficient (Wildman–Crippen LogP) is 0.717. The molecular weight excluding hydrogens is 240 g/mol. The maximum absolute atomic E-state index is 12.1. The van der Waals surface area contributed by atoms with Crippen molar-refractivity contribution < 1.29 is 0 Å². The van der Waals surface area contributed by atoms with Crippen molar-refractivity contribution in [1.82, 2.24) is 20.2 Å². The van der Waals surface area contributed by atoms with Gasteiger partial charge in [-0.2, -0.15) is 0 Å².